The van der Waals surface area contributed by atoms with Gasteiger partial charge in [-0.2, -0.15) is 0 Å². The number of ether oxygens (including phenoxy) is 1. The molecule has 0 aliphatic rings. The summed E-state index contributed by atoms with van der Waals surface area (Å²) in [5, 5.41) is 6.20. The SMILES string of the molecule is COc1ccc(Br)cc1NC(=O)Nc1cc(Cl)ccc1Cl. The van der Waals surface area contributed by atoms with E-state index in [2.05, 4.69) is 26.6 Å². The number of hydrogen-bond donors (Lipinski definition) is 2. The Morgan fingerprint density at radius 3 is 2.52 bits per heavy atom. The molecule has 0 bridgehead atoms. The second-order valence-corrected chi connectivity index (χ2v) is 5.81. The van der Waals surface area contributed by atoms with Gasteiger partial charge < -0.3 is 15.4 Å². The molecule has 0 heterocycles. The van der Waals surface area contributed by atoms with E-state index >= 15 is 0 Å². The Balaban J connectivity index is 2.15. The summed E-state index contributed by atoms with van der Waals surface area (Å²) in [4.78, 5) is 12.0. The van der Waals surface area contributed by atoms with Crippen LogP contribution in [0.4, 0.5) is 16.2 Å². The molecule has 2 aromatic carbocycles. The molecule has 2 aromatic rings. The lowest BCUT2D eigenvalue weighted by molar-refractivity contribution is 0.262. The van der Waals surface area contributed by atoms with Crippen LogP contribution in [0.5, 0.6) is 5.75 Å². The van der Waals surface area contributed by atoms with E-state index in [0.717, 1.165) is 4.47 Å². The van der Waals surface area contributed by atoms with Gasteiger partial charge in [0.05, 0.1) is 23.5 Å². The van der Waals surface area contributed by atoms with Crippen molar-refractivity contribution in [3.8, 4) is 5.75 Å². The number of rotatable bonds is 3. The predicted octanol–water partition coefficient (Wildman–Crippen LogP) is 5.41. The van der Waals surface area contributed by atoms with E-state index in [1.165, 1.54) is 7.11 Å². The van der Waals surface area contributed by atoms with Crippen LogP contribution in [0.3, 0.4) is 0 Å². The highest BCUT2D eigenvalue weighted by atomic mass is 79.9. The van der Waals surface area contributed by atoms with E-state index in [9.17, 15) is 4.79 Å². The Morgan fingerprint density at radius 1 is 1.10 bits per heavy atom. The second kappa shape index (κ2) is 7.02. The average Bonchev–Trinajstić information content (AvgIpc) is 2.43. The van der Waals surface area contributed by atoms with Gasteiger partial charge in [-0.1, -0.05) is 39.1 Å². The van der Waals surface area contributed by atoms with Crippen molar-refractivity contribution in [3.05, 3.63) is 50.9 Å². The van der Waals surface area contributed by atoms with Crippen molar-refractivity contribution in [3.63, 3.8) is 0 Å². The lowest BCUT2D eigenvalue weighted by Gasteiger charge is -2.12. The highest BCUT2D eigenvalue weighted by Gasteiger charge is 2.10. The third-order valence-electron chi connectivity index (χ3n) is 2.59. The Bertz CT molecular complexity index is 680. The van der Waals surface area contributed by atoms with Crippen LogP contribution in [0.2, 0.25) is 10.0 Å². The molecule has 4 nitrogen and oxygen atoms in total. The largest absolute Gasteiger partial charge is 0.495 e. The fourth-order valence-corrected chi connectivity index (χ4v) is 2.35. The maximum absolute atomic E-state index is 12.0. The molecule has 0 fully saturated rings. The minimum Gasteiger partial charge on any atom is -0.495 e. The minimum absolute atomic E-state index is 0.399. The molecule has 0 saturated heterocycles. The van der Waals surface area contributed by atoms with E-state index < -0.39 is 6.03 Å². The quantitative estimate of drug-likeness (QED) is 0.737. The predicted molar refractivity (Wildman–Crippen MR) is 89.8 cm³/mol. The van der Waals surface area contributed by atoms with Gasteiger partial charge in [0, 0.05) is 9.50 Å². The molecule has 2 rings (SSSR count). The van der Waals surface area contributed by atoms with Crippen molar-refractivity contribution in [1.82, 2.24) is 0 Å². The number of methoxy groups -OCH3 is 1. The number of benzene rings is 2. The first kappa shape index (κ1) is 15.9. The standard InChI is InChI=1S/C14H11BrCl2N2O2/c1-21-13-5-2-8(15)6-12(13)19-14(20)18-11-7-9(16)3-4-10(11)17/h2-7H,1H3,(H2,18,19,20). The van der Waals surface area contributed by atoms with Gasteiger partial charge in [-0.3, -0.25) is 0 Å². The molecule has 0 saturated carbocycles. The normalized spacial score (nSPS) is 10.1. The third kappa shape index (κ3) is 4.27. The van der Waals surface area contributed by atoms with E-state index in [-0.39, 0.29) is 0 Å². The van der Waals surface area contributed by atoms with Gasteiger partial charge in [-0.15, -0.1) is 0 Å². The summed E-state index contributed by atoms with van der Waals surface area (Å²) in [6.07, 6.45) is 0. The Morgan fingerprint density at radius 2 is 1.81 bits per heavy atom. The van der Waals surface area contributed by atoms with E-state index in [4.69, 9.17) is 27.9 Å². The number of halogens is 3. The number of anilines is 2. The first-order valence-electron chi connectivity index (χ1n) is 5.86. The number of urea groups is 1. The van der Waals surface area contributed by atoms with Crippen molar-refractivity contribution < 1.29 is 9.53 Å². The van der Waals surface area contributed by atoms with E-state index in [0.29, 0.717) is 27.2 Å². The average molecular weight is 390 g/mol. The van der Waals surface area contributed by atoms with Crippen LogP contribution >= 0.6 is 39.1 Å². The van der Waals surface area contributed by atoms with Gasteiger partial charge >= 0.3 is 6.03 Å². The molecular weight excluding hydrogens is 379 g/mol. The summed E-state index contributed by atoms with van der Waals surface area (Å²) in [6, 6.07) is 9.67. The number of carbonyl (C=O) groups excluding carboxylic acids is 1. The van der Waals surface area contributed by atoms with Gasteiger partial charge in [-0.25, -0.2) is 4.79 Å². The monoisotopic (exact) mass is 388 g/mol. The summed E-state index contributed by atoms with van der Waals surface area (Å²) in [5.41, 5.74) is 0.957. The fraction of sp³-hybridized carbons (Fsp3) is 0.0714. The van der Waals surface area contributed by atoms with Crippen LogP contribution in [0.15, 0.2) is 40.9 Å². The molecule has 110 valence electrons. The van der Waals surface area contributed by atoms with Crippen LogP contribution in [0.1, 0.15) is 0 Å². The van der Waals surface area contributed by atoms with Crippen LogP contribution in [0.25, 0.3) is 0 Å². The maximum Gasteiger partial charge on any atom is 0.323 e. The van der Waals surface area contributed by atoms with Gasteiger partial charge in [0.25, 0.3) is 0 Å². The fourth-order valence-electron chi connectivity index (χ4n) is 1.65. The molecule has 0 aliphatic carbocycles. The van der Waals surface area contributed by atoms with Crippen LogP contribution < -0.4 is 15.4 Å². The molecule has 0 unspecified atom stereocenters. The van der Waals surface area contributed by atoms with Crippen molar-refractivity contribution in [1.29, 1.82) is 0 Å². The molecule has 0 spiro atoms. The maximum atomic E-state index is 12.0. The Kier molecular flexibility index (Phi) is 5.33. The third-order valence-corrected chi connectivity index (χ3v) is 3.64. The van der Waals surface area contributed by atoms with Crippen LogP contribution in [-0.2, 0) is 0 Å². The van der Waals surface area contributed by atoms with Crippen molar-refractivity contribution in [2.45, 2.75) is 0 Å². The van der Waals surface area contributed by atoms with Crippen molar-refractivity contribution in [2.75, 3.05) is 17.7 Å². The molecule has 0 atom stereocenters. The zero-order valence-electron chi connectivity index (χ0n) is 10.9. The molecule has 2 N–H and O–H groups in total. The molecular formula is C14H11BrCl2N2O2. The lowest BCUT2D eigenvalue weighted by atomic mass is 10.3. The summed E-state index contributed by atoms with van der Waals surface area (Å²) in [7, 11) is 1.53. The molecule has 7 heteroatoms. The summed E-state index contributed by atoms with van der Waals surface area (Å²) in [6.45, 7) is 0. The zero-order valence-corrected chi connectivity index (χ0v) is 14.0. The summed E-state index contributed by atoms with van der Waals surface area (Å²) < 4.78 is 6.00. The molecule has 0 radical (unpaired) electrons. The number of amides is 2. The van der Waals surface area contributed by atoms with Gasteiger partial charge in [0.2, 0.25) is 0 Å². The zero-order chi connectivity index (χ0) is 15.4. The first-order valence-corrected chi connectivity index (χ1v) is 7.41. The molecule has 0 aromatic heterocycles. The first-order chi connectivity index (χ1) is 9.99. The van der Waals surface area contributed by atoms with Crippen LogP contribution in [-0.4, -0.2) is 13.1 Å². The van der Waals surface area contributed by atoms with Crippen molar-refractivity contribution >= 4 is 56.5 Å². The molecule has 0 aliphatic heterocycles. The topological polar surface area (TPSA) is 50.4 Å². The highest BCUT2D eigenvalue weighted by molar-refractivity contribution is 9.10. The summed E-state index contributed by atoms with van der Waals surface area (Å²) in [5.74, 6) is 0.547. The Labute approximate surface area is 140 Å². The lowest BCUT2D eigenvalue weighted by Crippen LogP contribution is -2.20. The smallest absolute Gasteiger partial charge is 0.323 e. The van der Waals surface area contributed by atoms with Crippen LogP contribution in [0, 0.1) is 0 Å². The van der Waals surface area contributed by atoms with Crippen molar-refractivity contribution in [2.24, 2.45) is 0 Å². The highest BCUT2D eigenvalue weighted by Crippen LogP contribution is 2.29. The molecule has 2 amide bonds. The summed E-state index contributed by atoms with van der Waals surface area (Å²) >= 11 is 15.2. The number of hydrogen-bond acceptors (Lipinski definition) is 2. The van der Waals surface area contributed by atoms with Gasteiger partial charge in [-0.05, 0) is 36.4 Å². The van der Waals surface area contributed by atoms with Gasteiger partial charge in [0.1, 0.15) is 5.75 Å². The Hall–Kier alpha value is -1.43. The van der Waals surface area contributed by atoms with E-state index in [1.54, 1.807) is 30.3 Å². The number of carbonyl (C=O) groups is 1. The number of nitrogens with one attached hydrogen (secondary N) is 2. The molecule has 21 heavy (non-hydrogen) atoms. The van der Waals surface area contributed by atoms with E-state index in [1.807, 2.05) is 6.07 Å². The van der Waals surface area contributed by atoms with Gasteiger partial charge in [0.15, 0.2) is 0 Å². The minimum atomic E-state index is -0.449. The second-order valence-electron chi connectivity index (χ2n) is 4.05.